The van der Waals surface area contributed by atoms with Crippen molar-refractivity contribution in [2.75, 3.05) is 18.1 Å². The fraction of sp³-hybridized carbons (Fsp3) is 0.333. The molecule has 1 saturated heterocycles. The van der Waals surface area contributed by atoms with Crippen LogP contribution < -0.4 is 19.1 Å². The van der Waals surface area contributed by atoms with Gasteiger partial charge in [0.05, 0.1) is 35.4 Å². The number of ketones is 2. The monoisotopic (exact) mass is 562 g/mol. The molecule has 1 aromatic heterocycles. The second-order valence-electron chi connectivity index (χ2n) is 9.66. The number of hydrogen-bond donors (Lipinski definition) is 1. The van der Waals surface area contributed by atoms with E-state index in [1.54, 1.807) is 43.3 Å². The molecule has 5 rings (SSSR count). The number of fused-ring (bicyclic) bond motifs is 1. The molecule has 3 heterocycles. The van der Waals surface area contributed by atoms with Gasteiger partial charge in [0.15, 0.2) is 22.4 Å². The van der Waals surface area contributed by atoms with Gasteiger partial charge in [-0.1, -0.05) is 17.4 Å². The van der Waals surface area contributed by atoms with Gasteiger partial charge in [-0.2, -0.15) is 0 Å². The van der Waals surface area contributed by atoms with Crippen LogP contribution in [0.1, 0.15) is 65.8 Å². The molecule has 0 bridgehead atoms. The van der Waals surface area contributed by atoms with Crippen LogP contribution in [0.5, 0.6) is 17.2 Å². The van der Waals surface area contributed by atoms with Gasteiger partial charge < -0.3 is 19.3 Å². The highest BCUT2D eigenvalue weighted by Crippen LogP contribution is 2.46. The summed E-state index contributed by atoms with van der Waals surface area (Å²) < 4.78 is 17.3. The summed E-state index contributed by atoms with van der Waals surface area (Å²) in [6, 6.07) is 9.33. The van der Waals surface area contributed by atoms with Crippen molar-refractivity contribution in [2.24, 2.45) is 0 Å². The van der Waals surface area contributed by atoms with E-state index < -0.39 is 17.7 Å². The van der Waals surface area contributed by atoms with Crippen LogP contribution in [0.25, 0.3) is 5.76 Å². The first kappa shape index (κ1) is 27.4. The lowest BCUT2D eigenvalue weighted by Gasteiger charge is -2.24. The van der Waals surface area contributed by atoms with E-state index in [1.165, 1.54) is 11.8 Å². The third kappa shape index (κ3) is 4.72. The zero-order chi connectivity index (χ0) is 28.7. The van der Waals surface area contributed by atoms with Crippen LogP contribution >= 0.6 is 11.3 Å². The van der Waals surface area contributed by atoms with Gasteiger partial charge in [0.25, 0.3) is 5.78 Å². The third-order valence-corrected chi connectivity index (χ3v) is 8.07. The number of ether oxygens (including phenoxy) is 3. The molecule has 0 aliphatic carbocycles. The van der Waals surface area contributed by atoms with E-state index in [-0.39, 0.29) is 28.4 Å². The average Bonchev–Trinajstić information content (AvgIpc) is 3.57. The summed E-state index contributed by atoms with van der Waals surface area (Å²) in [5.41, 5.74) is 2.20. The Morgan fingerprint density at radius 1 is 1.12 bits per heavy atom. The first-order valence-corrected chi connectivity index (χ1v) is 13.9. The summed E-state index contributed by atoms with van der Waals surface area (Å²) >= 11 is 1.04. The Bertz CT molecular complexity index is 1560. The number of nitrogens with zero attached hydrogens (tertiary/aromatic N) is 2. The fourth-order valence-corrected chi connectivity index (χ4v) is 6.11. The van der Waals surface area contributed by atoms with Crippen LogP contribution in [-0.2, 0) is 16.0 Å². The molecule has 40 heavy (non-hydrogen) atoms. The van der Waals surface area contributed by atoms with Gasteiger partial charge >= 0.3 is 5.91 Å². The number of aromatic nitrogens is 1. The van der Waals surface area contributed by atoms with Crippen LogP contribution in [0.4, 0.5) is 5.13 Å². The molecule has 0 radical (unpaired) electrons. The van der Waals surface area contributed by atoms with Crippen molar-refractivity contribution in [3.05, 3.63) is 69.2 Å². The molecule has 9 nitrogen and oxygen atoms in total. The van der Waals surface area contributed by atoms with Crippen molar-refractivity contribution in [1.29, 1.82) is 0 Å². The van der Waals surface area contributed by atoms with Crippen molar-refractivity contribution in [3.8, 4) is 17.2 Å². The van der Waals surface area contributed by atoms with Crippen molar-refractivity contribution in [3.63, 3.8) is 0 Å². The Morgan fingerprint density at radius 3 is 2.52 bits per heavy atom. The van der Waals surface area contributed by atoms with Crippen molar-refractivity contribution in [2.45, 2.75) is 53.2 Å². The van der Waals surface area contributed by atoms with Crippen molar-refractivity contribution < 1.29 is 33.7 Å². The molecule has 2 aliphatic heterocycles. The molecular formula is C30H30N2O7S. The smallest absolute Gasteiger partial charge is 0.301 e. The minimum absolute atomic E-state index is 0.00225. The largest absolute Gasteiger partial charge is 0.507 e. The van der Waals surface area contributed by atoms with Gasteiger partial charge in [-0.25, -0.2) is 4.98 Å². The van der Waals surface area contributed by atoms with E-state index in [2.05, 4.69) is 4.98 Å². The van der Waals surface area contributed by atoms with Gasteiger partial charge in [-0.05, 0) is 69.2 Å². The fourth-order valence-electron chi connectivity index (χ4n) is 5.12. The van der Waals surface area contributed by atoms with Gasteiger partial charge in [-0.3, -0.25) is 19.3 Å². The molecule has 208 valence electrons. The van der Waals surface area contributed by atoms with Gasteiger partial charge in [-0.15, -0.1) is 0 Å². The maximum atomic E-state index is 13.6. The van der Waals surface area contributed by atoms with Crippen LogP contribution in [0, 0.1) is 6.92 Å². The van der Waals surface area contributed by atoms with E-state index in [1.807, 2.05) is 20.8 Å². The van der Waals surface area contributed by atoms with Crippen LogP contribution in [0.3, 0.4) is 0 Å². The minimum Gasteiger partial charge on any atom is -0.507 e. The SMILES string of the molecule is CCOc1ccc([C@H]2/C(=C(\O)c3ccc4c(c3)C[C@H](C)O4)C(=O)C(=O)N2c2nc(C)c(C(C)=O)s2)cc1OCC. The summed E-state index contributed by atoms with van der Waals surface area (Å²) in [4.78, 5) is 45.5. The van der Waals surface area contributed by atoms with Crippen molar-refractivity contribution >= 4 is 39.7 Å². The number of amides is 1. The number of rotatable bonds is 8. The predicted octanol–water partition coefficient (Wildman–Crippen LogP) is 5.40. The molecule has 1 amide bonds. The number of aliphatic hydroxyl groups is 1. The third-order valence-electron chi connectivity index (χ3n) is 6.81. The van der Waals surface area contributed by atoms with E-state index >= 15 is 0 Å². The highest BCUT2D eigenvalue weighted by atomic mass is 32.1. The Kier molecular flexibility index (Phi) is 7.37. The quantitative estimate of drug-likeness (QED) is 0.168. The van der Waals surface area contributed by atoms with E-state index in [9.17, 15) is 19.5 Å². The first-order valence-electron chi connectivity index (χ1n) is 13.1. The van der Waals surface area contributed by atoms with E-state index in [0.717, 1.165) is 22.6 Å². The number of anilines is 1. The summed E-state index contributed by atoms with van der Waals surface area (Å²) in [5, 5.41) is 11.8. The van der Waals surface area contributed by atoms with Gasteiger partial charge in [0.2, 0.25) is 0 Å². The number of hydrogen-bond acceptors (Lipinski definition) is 9. The molecule has 0 spiro atoms. The number of thiazole rings is 1. The molecule has 0 saturated carbocycles. The molecule has 1 N–H and O–H groups in total. The number of carbonyl (C=O) groups excluding carboxylic acids is 3. The molecule has 2 aliphatic rings. The lowest BCUT2D eigenvalue weighted by molar-refractivity contribution is -0.132. The Balaban J connectivity index is 1.71. The Morgan fingerprint density at radius 2 is 1.85 bits per heavy atom. The highest BCUT2D eigenvalue weighted by molar-refractivity contribution is 7.18. The second-order valence-corrected chi connectivity index (χ2v) is 10.6. The molecule has 1 fully saturated rings. The molecule has 2 aromatic carbocycles. The Labute approximate surface area is 236 Å². The minimum atomic E-state index is -1.02. The normalized spacial score (nSPS) is 19.5. The number of carbonyl (C=O) groups is 3. The number of aliphatic hydroxyl groups excluding tert-OH is 1. The summed E-state index contributed by atoms with van der Waals surface area (Å²) in [6.45, 7) is 9.55. The molecular weight excluding hydrogens is 532 g/mol. The maximum Gasteiger partial charge on any atom is 0.301 e. The van der Waals surface area contributed by atoms with Crippen molar-refractivity contribution in [1.82, 2.24) is 4.98 Å². The van der Waals surface area contributed by atoms with Gasteiger partial charge in [0, 0.05) is 18.9 Å². The van der Waals surface area contributed by atoms with E-state index in [4.69, 9.17) is 14.2 Å². The lowest BCUT2D eigenvalue weighted by atomic mass is 9.94. The molecule has 0 unspecified atom stereocenters. The zero-order valence-corrected chi connectivity index (χ0v) is 23.8. The summed E-state index contributed by atoms with van der Waals surface area (Å²) in [6.07, 6.45) is 0.666. The summed E-state index contributed by atoms with van der Waals surface area (Å²) in [7, 11) is 0. The number of aryl methyl sites for hydroxylation is 1. The maximum absolute atomic E-state index is 13.6. The van der Waals surface area contributed by atoms with Crippen LogP contribution in [0.2, 0.25) is 0 Å². The average molecular weight is 563 g/mol. The number of Topliss-reactive ketones (excluding diaryl/α,β-unsaturated/α-hetero) is 2. The summed E-state index contributed by atoms with van der Waals surface area (Å²) in [5.74, 6) is -0.512. The van der Waals surface area contributed by atoms with Crippen LogP contribution in [0.15, 0.2) is 42.0 Å². The predicted molar refractivity (Wildman–Crippen MR) is 151 cm³/mol. The second kappa shape index (κ2) is 10.8. The number of benzene rings is 2. The van der Waals surface area contributed by atoms with Crippen LogP contribution in [-0.4, -0.2) is 46.9 Å². The first-order chi connectivity index (χ1) is 19.1. The molecule has 10 heteroatoms. The Hall–Kier alpha value is -4.18. The standard InChI is InChI=1S/C30H30N2O7S/c1-6-37-22-11-8-18(14-23(22)38-7-2)25-24(26(34)19-9-10-21-20(13-19)12-15(3)39-21)27(35)29(36)32(25)30-31-16(4)28(40-30)17(5)33/h8-11,13-15,25,34H,6-7,12H2,1-5H3/b26-24+/t15-,25-/m0/s1. The highest BCUT2D eigenvalue weighted by Gasteiger charge is 2.48. The lowest BCUT2D eigenvalue weighted by Crippen LogP contribution is -2.29. The molecule has 3 aromatic rings. The van der Waals surface area contributed by atoms with E-state index in [0.29, 0.717) is 52.8 Å². The van der Waals surface area contributed by atoms with Gasteiger partial charge in [0.1, 0.15) is 17.6 Å². The zero-order valence-electron chi connectivity index (χ0n) is 22.9. The topological polar surface area (TPSA) is 115 Å². The molecule has 2 atom stereocenters.